The third-order valence-electron chi connectivity index (χ3n) is 6.77. The molecule has 1 fully saturated rings. The molecule has 2 atom stereocenters. The Bertz CT molecular complexity index is 1120. The van der Waals surface area contributed by atoms with Crippen LogP contribution < -0.4 is 14.4 Å². The molecule has 1 aliphatic heterocycles. The van der Waals surface area contributed by atoms with E-state index in [0.29, 0.717) is 17.4 Å². The fourth-order valence-electron chi connectivity index (χ4n) is 4.79. The highest BCUT2D eigenvalue weighted by atomic mass is 16.5. The molecule has 0 aromatic heterocycles. The maximum Gasteiger partial charge on any atom is 0.259 e. The lowest BCUT2D eigenvalue weighted by molar-refractivity contribution is 0.0990. The number of carbonyl (C=O) groups excluding carboxylic acids is 1. The third kappa shape index (κ3) is 4.61. The van der Waals surface area contributed by atoms with Crippen LogP contribution in [0.2, 0.25) is 0 Å². The van der Waals surface area contributed by atoms with Gasteiger partial charge in [0.2, 0.25) is 0 Å². The number of aryl methyl sites for hydroxylation is 1. The summed E-state index contributed by atoms with van der Waals surface area (Å²) in [4.78, 5) is 15.4. The van der Waals surface area contributed by atoms with Crippen molar-refractivity contribution < 1.29 is 14.3 Å². The van der Waals surface area contributed by atoms with Gasteiger partial charge in [0, 0.05) is 17.3 Å². The summed E-state index contributed by atoms with van der Waals surface area (Å²) in [7, 11) is 1.66. The van der Waals surface area contributed by atoms with Crippen molar-refractivity contribution in [2.24, 2.45) is 5.92 Å². The molecule has 3 aromatic rings. The average molecular weight is 442 g/mol. The minimum absolute atomic E-state index is 0.0168. The summed E-state index contributed by atoms with van der Waals surface area (Å²) in [5.74, 6) is 2.16. The Morgan fingerprint density at radius 3 is 2.48 bits per heavy atom. The minimum atomic E-state index is 0.0168. The minimum Gasteiger partial charge on any atom is -0.493 e. The number of nitrogens with zero attached hydrogens (tertiary/aromatic N) is 1. The predicted octanol–water partition coefficient (Wildman–Crippen LogP) is 6.60. The van der Waals surface area contributed by atoms with Crippen LogP contribution in [-0.2, 0) is 6.42 Å². The number of ether oxygens (including phenoxy) is 2. The molecule has 4 heteroatoms. The van der Waals surface area contributed by atoms with E-state index in [1.165, 1.54) is 18.4 Å². The number of rotatable bonds is 9. The first-order valence-corrected chi connectivity index (χ1v) is 11.9. The number of carbonyl (C=O) groups is 1. The standard InChI is InChI=1S/C29H31NO3/c1-20(12-13-21-8-4-3-5-9-21)33-28-19-23(16-17-27(28)32-2)30-26(18-22-14-15-22)24-10-6-7-11-25(24)29(30)31/h3-11,16-17,19-20,22,26H,12-15,18H2,1-2H3. The second kappa shape index (κ2) is 9.30. The van der Waals surface area contributed by atoms with E-state index in [0.717, 1.165) is 36.1 Å². The molecule has 0 radical (unpaired) electrons. The van der Waals surface area contributed by atoms with Crippen molar-refractivity contribution in [3.63, 3.8) is 0 Å². The smallest absolute Gasteiger partial charge is 0.259 e. The van der Waals surface area contributed by atoms with Gasteiger partial charge in [-0.3, -0.25) is 4.79 Å². The molecule has 1 saturated carbocycles. The first-order chi connectivity index (χ1) is 16.1. The lowest BCUT2D eigenvalue weighted by atomic mass is 10.00. The zero-order chi connectivity index (χ0) is 22.8. The van der Waals surface area contributed by atoms with Gasteiger partial charge in [0.15, 0.2) is 11.5 Å². The van der Waals surface area contributed by atoms with Crippen LogP contribution in [0.3, 0.4) is 0 Å². The van der Waals surface area contributed by atoms with E-state index in [1.54, 1.807) is 7.11 Å². The van der Waals surface area contributed by atoms with Crippen molar-refractivity contribution in [1.29, 1.82) is 0 Å². The van der Waals surface area contributed by atoms with Crippen LogP contribution in [0.25, 0.3) is 0 Å². The normalized spacial score (nSPS) is 18.2. The number of methoxy groups -OCH3 is 1. The second-order valence-electron chi connectivity index (χ2n) is 9.25. The van der Waals surface area contributed by atoms with Gasteiger partial charge >= 0.3 is 0 Å². The largest absolute Gasteiger partial charge is 0.493 e. The van der Waals surface area contributed by atoms with Gasteiger partial charge < -0.3 is 14.4 Å². The quantitative estimate of drug-likeness (QED) is 0.376. The summed E-state index contributed by atoms with van der Waals surface area (Å²) in [5.41, 5.74) is 4.13. The van der Waals surface area contributed by atoms with Crippen molar-refractivity contribution in [3.05, 3.63) is 89.5 Å². The fourth-order valence-corrected chi connectivity index (χ4v) is 4.79. The highest BCUT2D eigenvalue weighted by molar-refractivity contribution is 6.11. The van der Waals surface area contributed by atoms with Gasteiger partial charge in [0.25, 0.3) is 5.91 Å². The third-order valence-corrected chi connectivity index (χ3v) is 6.77. The van der Waals surface area contributed by atoms with Crippen molar-refractivity contribution in [1.82, 2.24) is 0 Å². The molecule has 4 nitrogen and oxygen atoms in total. The van der Waals surface area contributed by atoms with Crippen LogP contribution in [0.1, 0.15) is 60.1 Å². The predicted molar refractivity (Wildman–Crippen MR) is 131 cm³/mol. The molecule has 0 saturated heterocycles. The van der Waals surface area contributed by atoms with Gasteiger partial charge in [-0.25, -0.2) is 0 Å². The molecule has 1 heterocycles. The van der Waals surface area contributed by atoms with E-state index in [9.17, 15) is 4.79 Å². The van der Waals surface area contributed by atoms with Gasteiger partial charge in [0.05, 0.1) is 19.3 Å². The van der Waals surface area contributed by atoms with E-state index in [1.807, 2.05) is 47.4 Å². The van der Waals surface area contributed by atoms with Crippen LogP contribution >= 0.6 is 0 Å². The Kier molecular flexibility index (Phi) is 6.08. The maximum atomic E-state index is 13.4. The monoisotopic (exact) mass is 441 g/mol. The summed E-state index contributed by atoms with van der Waals surface area (Å²) in [6, 6.07) is 24.4. The van der Waals surface area contributed by atoms with Crippen molar-refractivity contribution in [2.45, 2.75) is 51.2 Å². The van der Waals surface area contributed by atoms with Crippen LogP contribution in [0.15, 0.2) is 72.8 Å². The Morgan fingerprint density at radius 1 is 0.970 bits per heavy atom. The summed E-state index contributed by atoms with van der Waals surface area (Å²) in [5, 5.41) is 0. The molecule has 1 aliphatic carbocycles. The molecule has 0 spiro atoms. The molecule has 170 valence electrons. The van der Waals surface area contributed by atoms with Crippen LogP contribution in [0.4, 0.5) is 5.69 Å². The second-order valence-corrected chi connectivity index (χ2v) is 9.25. The molecular formula is C29H31NO3. The van der Waals surface area contributed by atoms with E-state index < -0.39 is 0 Å². The first-order valence-electron chi connectivity index (χ1n) is 11.9. The molecule has 0 N–H and O–H groups in total. The van der Waals surface area contributed by atoms with Gasteiger partial charge in [-0.15, -0.1) is 0 Å². The van der Waals surface area contributed by atoms with E-state index in [-0.39, 0.29) is 18.1 Å². The van der Waals surface area contributed by atoms with E-state index in [4.69, 9.17) is 9.47 Å². The lowest BCUT2D eigenvalue weighted by Gasteiger charge is -2.27. The Labute approximate surface area is 196 Å². The van der Waals surface area contributed by atoms with Crippen LogP contribution in [0, 0.1) is 5.92 Å². The number of amides is 1. The summed E-state index contributed by atoms with van der Waals surface area (Å²) in [6.07, 6.45) is 5.40. The Morgan fingerprint density at radius 2 is 1.73 bits per heavy atom. The van der Waals surface area contributed by atoms with Gasteiger partial charge in [-0.1, -0.05) is 61.4 Å². The van der Waals surface area contributed by atoms with Gasteiger partial charge in [0.1, 0.15) is 0 Å². The molecule has 3 aromatic carbocycles. The number of anilines is 1. The fraction of sp³-hybridized carbons (Fsp3) is 0.345. The molecular weight excluding hydrogens is 410 g/mol. The molecule has 33 heavy (non-hydrogen) atoms. The van der Waals surface area contributed by atoms with Crippen LogP contribution in [0.5, 0.6) is 11.5 Å². The topological polar surface area (TPSA) is 38.8 Å². The summed E-state index contributed by atoms with van der Waals surface area (Å²) in [6.45, 7) is 2.09. The zero-order valence-electron chi connectivity index (χ0n) is 19.4. The highest BCUT2D eigenvalue weighted by Gasteiger charge is 2.40. The Hall–Kier alpha value is -3.27. The Balaban J connectivity index is 1.38. The number of hydrogen-bond acceptors (Lipinski definition) is 3. The molecule has 2 unspecified atom stereocenters. The maximum absolute atomic E-state index is 13.4. The SMILES string of the molecule is COc1ccc(N2C(=O)c3ccccc3C2CC2CC2)cc1OC(C)CCc1ccccc1. The molecule has 5 rings (SSSR count). The number of benzene rings is 3. The highest BCUT2D eigenvalue weighted by Crippen LogP contribution is 2.47. The first kappa shape index (κ1) is 21.6. The van der Waals surface area contributed by atoms with Gasteiger partial charge in [-0.05, 0) is 61.4 Å². The zero-order valence-corrected chi connectivity index (χ0v) is 19.4. The van der Waals surface area contributed by atoms with Crippen molar-refractivity contribution in [3.8, 4) is 11.5 Å². The number of hydrogen-bond donors (Lipinski definition) is 0. The van der Waals surface area contributed by atoms with E-state index >= 15 is 0 Å². The molecule has 1 amide bonds. The summed E-state index contributed by atoms with van der Waals surface area (Å²) >= 11 is 0. The number of fused-ring (bicyclic) bond motifs is 1. The lowest BCUT2D eigenvalue weighted by Crippen LogP contribution is -2.28. The van der Waals surface area contributed by atoms with Crippen LogP contribution in [-0.4, -0.2) is 19.1 Å². The summed E-state index contributed by atoms with van der Waals surface area (Å²) < 4.78 is 11.9. The molecule has 0 bridgehead atoms. The van der Waals surface area contributed by atoms with E-state index in [2.05, 4.69) is 37.3 Å². The average Bonchev–Trinajstić information content (AvgIpc) is 3.62. The van der Waals surface area contributed by atoms with Gasteiger partial charge in [-0.2, -0.15) is 0 Å². The van der Waals surface area contributed by atoms with Crippen molar-refractivity contribution in [2.75, 3.05) is 12.0 Å². The molecule has 2 aliphatic rings. The van der Waals surface area contributed by atoms with Crippen molar-refractivity contribution >= 4 is 11.6 Å².